The third kappa shape index (κ3) is 2.80. The monoisotopic (exact) mass is 376 g/mol. The van der Waals surface area contributed by atoms with E-state index in [0.29, 0.717) is 24.2 Å². The quantitative estimate of drug-likeness (QED) is 0.874. The van der Waals surface area contributed by atoms with Gasteiger partial charge < -0.3 is 10.1 Å². The molecule has 4 rings (SSSR count). The summed E-state index contributed by atoms with van der Waals surface area (Å²) in [7, 11) is -3.85. The van der Waals surface area contributed by atoms with Crippen molar-refractivity contribution in [3.63, 3.8) is 0 Å². The zero-order valence-corrected chi connectivity index (χ0v) is 14.8. The first-order chi connectivity index (χ1) is 12.3. The normalized spacial score (nSPS) is 19.2. The fourth-order valence-corrected chi connectivity index (χ4v) is 4.85. The molecule has 26 heavy (non-hydrogen) atoms. The lowest BCUT2D eigenvalue weighted by atomic mass is 10.0. The highest BCUT2D eigenvalue weighted by Crippen LogP contribution is 2.38. The van der Waals surface area contributed by atoms with Gasteiger partial charge in [0.05, 0.1) is 17.1 Å². The minimum Gasteiger partial charge on any atom is -0.487 e. The number of benzene rings is 2. The molecule has 1 amide bonds. The zero-order chi connectivity index (χ0) is 18.5. The van der Waals surface area contributed by atoms with E-state index in [1.54, 1.807) is 19.1 Å². The van der Waals surface area contributed by atoms with Crippen LogP contribution in [0.25, 0.3) is 0 Å². The molecular weight excluding hydrogens is 359 g/mol. The Morgan fingerprint density at radius 3 is 2.81 bits per heavy atom. The smallest absolute Gasteiger partial charge is 0.264 e. The first-order valence-electron chi connectivity index (χ1n) is 8.26. The van der Waals surface area contributed by atoms with Gasteiger partial charge in [-0.05, 0) is 49.2 Å². The maximum Gasteiger partial charge on any atom is 0.264 e. The van der Waals surface area contributed by atoms with Gasteiger partial charge in [-0.1, -0.05) is 0 Å². The molecule has 1 atom stereocenters. The average Bonchev–Trinajstić information content (AvgIpc) is 2.60. The summed E-state index contributed by atoms with van der Waals surface area (Å²) in [5, 5.41) is 2.74. The number of amides is 1. The third-order valence-corrected chi connectivity index (χ3v) is 6.28. The molecule has 6 nitrogen and oxygen atoms in total. The second-order valence-electron chi connectivity index (χ2n) is 6.44. The molecule has 2 heterocycles. The van der Waals surface area contributed by atoms with Crippen LogP contribution in [0.15, 0.2) is 41.3 Å². The largest absolute Gasteiger partial charge is 0.487 e. The summed E-state index contributed by atoms with van der Waals surface area (Å²) < 4.78 is 46.8. The first-order valence-corrected chi connectivity index (χ1v) is 9.70. The third-order valence-electron chi connectivity index (χ3n) is 4.50. The number of nitrogens with one attached hydrogen (secondary N) is 1. The minimum atomic E-state index is -3.85. The predicted molar refractivity (Wildman–Crippen MR) is 94.4 cm³/mol. The highest BCUT2D eigenvalue weighted by atomic mass is 32.2. The molecule has 1 N–H and O–H groups in total. The van der Waals surface area contributed by atoms with Crippen LogP contribution in [0, 0.1) is 5.82 Å². The summed E-state index contributed by atoms with van der Waals surface area (Å²) in [6.07, 6.45) is 0.412. The van der Waals surface area contributed by atoms with Crippen molar-refractivity contribution in [3.05, 3.63) is 47.8 Å². The van der Waals surface area contributed by atoms with Crippen molar-refractivity contribution in [3.8, 4) is 5.75 Å². The van der Waals surface area contributed by atoms with Gasteiger partial charge in [0.25, 0.3) is 10.0 Å². The number of halogens is 1. The number of hydrogen-bond donors (Lipinski definition) is 1. The molecule has 0 fully saturated rings. The van der Waals surface area contributed by atoms with Crippen LogP contribution in [0.2, 0.25) is 0 Å². The topological polar surface area (TPSA) is 75.7 Å². The predicted octanol–water partition coefficient (Wildman–Crippen LogP) is 2.69. The van der Waals surface area contributed by atoms with Crippen molar-refractivity contribution < 1.29 is 22.3 Å². The Balaban J connectivity index is 1.77. The number of nitrogens with zero attached hydrogens (tertiary/aromatic N) is 1. The molecular formula is C18H17FN2O4S. The van der Waals surface area contributed by atoms with Crippen LogP contribution in [0.1, 0.15) is 18.9 Å². The summed E-state index contributed by atoms with van der Waals surface area (Å²) in [6, 6.07) is 8.48. The van der Waals surface area contributed by atoms with E-state index < -0.39 is 21.9 Å². The van der Waals surface area contributed by atoms with Gasteiger partial charge in [-0.3, -0.25) is 9.10 Å². The molecule has 1 unspecified atom stereocenters. The molecule has 0 radical (unpaired) electrons. The van der Waals surface area contributed by atoms with Crippen LogP contribution in [0.3, 0.4) is 0 Å². The molecule has 0 bridgehead atoms. The Hall–Kier alpha value is -2.61. The molecule has 8 heteroatoms. The van der Waals surface area contributed by atoms with E-state index in [9.17, 15) is 17.6 Å². The van der Waals surface area contributed by atoms with Gasteiger partial charge in [-0.15, -0.1) is 0 Å². The SMILES string of the molecule is CC1CN(S(=O)(=O)c2ccc3c(c2)CCC(=O)N3)c2ccc(F)cc2O1. The van der Waals surface area contributed by atoms with Gasteiger partial charge in [-0.2, -0.15) is 0 Å². The fourth-order valence-electron chi connectivity index (χ4n) is 3.25. The lowest BCUT2D eigenvalue weighted by molar-refractivity contribution is -0.116. The van der Waals surface area contributed by atoms with Crippen molar-refractivity contribution in [2.45, 2.75) is 30.8 Å². The number of aryl methyl sites for hydroxylation is 1. The average molecular weight is 376 g/mol. The van der Waals surface area contributed by atoms with Gasteiger partial charge >= 0.3 is 0 Å². The van der Waals surface area contributed by atoms with Gasteiger partial charge in [0.2, 0.25) is 5.91 Å². The van der Waals surface area contributed by atoms with Crippen LogP contribution in [0.5, 0.6) is 5.75 Å². The molecule has 0 aliphatic carbocycles. The van der Waals surface area contributed by atoms with Gasteiger partial charge in [0, 0.05) is 18.2 Å². The molecule has 2 aromatic carbocycles. The van der Waals surface area contributed by atoms with E-state index in [-0.39, 0.29) is 23.1 Å². The van der Waals surface area contributed by atoms with Gasteiger partial charge in [0.15, 0.2) is 0 Å². The maximum absolute atomic E-state index is 13.5. The first kappa shape index (κ1) is 16.8. The van der Waals surface area contributed by atoms with E-state index in [4.69, 9.17) is 4.74 Å². The standard InChI is InChI=1S/C18H17FN2O4S/c1-11-10-21(16-6-3-13(19)9-17(16)25-11)26(23,24)14-4-5-15-12(8-14)2-7-18(22)20-15/h3-6,8-9,11H,2,7,10H2,1H3,(H,20,22). The van der Waals surface area contributed by atoms with Crippen LogP contribution < -0.4 is 14.4 Å². The van der Waals surface area contributed by atoms with Crippen molar-refractivity contribution in [1.29, 1.82) is 0 Å². The lowest BCUT2D eigenvalue weighted by Gasteiger charge is -2.34. The van der Waals surface area contributed by atoms with Crippen molar-refractivity contribution in [2.75, 3.05) is 16.2 Å². The number of ether oxygens (including phenoxy) is 1. The van der Waals surface area contributed by atoms with Crippen LogP contribution in [-0.2, 0) is 21.2 Å². The minimum absolute atomic E-state index is 0.0777. The summed E-state index contributed by atoms with van der Waals surface area (Å²) in [4.78, 5) is 11.6. The number of hydrogen-bond acceptors (Lipinski definition) is 4. The van der Waals surface area contributed by atoms with E-state index in [0.717, 1.165) is 5.56 Å². The van der Waals surface area contributed by atoms with Crippen LogP contribution in [-0.4, -0.2) is 27.0 Å². The Morgan fingerprint density at radius 1 is 1.19 bits per heavy atom. The molecule has 2 aromatic rings. The lowest BCUT2D eigenvalue weighted by Crippen LogP contribution is -2.42. The second kappa shape index (κ2) is 5.98. The van der Waals surface area contributed by atoms with E-state index in [1.165, 1.54) is 28.6 Å². The van der Waals surface area contributed by atoms with Crippen LogP contribution >= 0.6 is 0 Å². The zero-order valence-electron chi connectivity index (χ0n) is 14.0. The molecule has 0 saturated heterocycles. The second-order valence-corrected chi connectivity index (χ2v) is 8.31. The number of anilines is 2. The molecule has 0 aromatic heterocycles. The van der Waals surface area contributed by atoms with Gasteiger partial charge in [0.1, 0.15) is 17.7 Å². The Labute approximate surface area is 150 Å². The molecule has 0 saturated carbocycles. The van der Waals surface area contributed by atoms with Crippen molar-refractivity contribution >= 4 is 27.3 Å². The summed E-state index contributed by atoms with van der Waals surface area (Å²) >= 11 is 0. The highest BCUT2D eigenvalue weighted by molar-refractivity contribution is 7.92. The fraction of sp³-hybridized carbons (Fsp3) is 0.278. The van der Waals surface area contributed by atoms with E-state index in [2.05, 4.69) is 5.32 Å². The molecule has 2 aliphatic rings. The number of fused-ring (bicyclic) bond motifs is 2. The molecule has 2 aliphatic heterocycles. The van der Waals surface area contributed by atoms with Crippen molar-refractivity contribution in [1.82, 2.24) is 0 Å². The summed E-state index contributed by atoms with van der Waals surface area (Å²) in [5.41, 5.74) is 1.74. The van der Waals surface area contributed by atoms with E-state index in [1.807, 2.05) is 0 Å². The number of carbonyl (C=O) groups excluding carboxylic acids is 1. The van der Waals surface area contributed by atoms with Crippen molar-refractivity contribution in [2.24, 2.45) is 0 Å². The van der Waals surface area contributed by atoms with Gasteiger partial charge in [-0.25, -0.2) is 12.8 Å². The Kier molecular flexibility index (Phi) is 3.87. The van der Waals surface area contributed by atoms with E-state index >= 15 is 0 Å². The number of carbonyl (C=O) groups is 1. The van der Waals surface area contributed by atoms with Crippen LogP contribution in [0.4, 0.5) is 15.8 Å². The number of rotatable bonds is 2. The number of sulfonamides is 1. The Morgan fingerprint density at radius 2 is 2.00 bits per heavy atom. The maximum atomic E-state index is 13.5. The summed E-state index contributed by atoms with van der Waals surface area (Å²) in [6.45, 7) is 1.87. The summed E-state index contributed by atoms with van der Waals surface area (Å²) in [5.74, 6) is -0.358. The highest BCUT2D eigenvalue weighted by Gasteiger charge is 2.33. The molecule has 136 valence electrons. The molecule has 0 spiro atoms. The Bertz CT molecular complexity index is 1010.